The Bertz CT molecular complexity index is 532. The second kappa shape index (κ2) is 5.35. The maximum Gasteiger partial charge on any atom is 0.360 e. The maximum absolute atomic E-state index is 11.4. The zero-order valence-electron chi connectivity index (χ0n) is 10.2. The first-order valence-corrected chi connectivity index (χ1v) is 5.65. The van der Waals surface area contributed by atoms with Gasteiger partial charge in [0.05, 0.1) is 18.5 Å². The van der Waals surface area contributed by atoms with Crippen LogP contribution >= 0.6 is 0 Å². The second-order valence-corrected chi connectivity index (χ2v) is 3.47. The molecule has 96 valence electrons. The minimum Gasteiger partial charge on any atom is -0.461 e. The van der Waals surface area contributed by atoms with Crippen molar-refractivity contribution in [1.82, 2.24) is 14.8 Å². The van der Waals surface area contributed by atoms with Gasteiger partial charge in [0.25, 0.3) is 6.01 Å². The molecule has 7 nitrogen and oxygen atoms in total. The van der Waals surface area contributed by atoms with Crippen molar-refractivity contribution in [2.75, 3.05) is 11.9 Å². The molecule has 2 aromatic heterocycles. The number of oxazole rings is 1. The van der Waals surface area contributed by atoms with Crippen LogP contribution in [0.4, 0.5) is 11.7 Å². The summed E-state index contributed by atoms with van der Waals surface area (Å²) in [5.41, 5.74) is 0.886. The van der Waals surface area contributed by atoms with Crippen LogP contribution in [0.1, 0.15) is 24.3 Å². The molecule has 0 fully saturated rings. The van der Waals surface area contributed by atoms with Crippen LogP contribution in [0, 0.1) is 0 Å². The van der Waals surface area contributed by atoms with Gasteiger partial charge in [-0.25, -0.2) is 4.79 Å². The molecule has 0 saturated heterocycles. The number of anilines is 2. The molecule has 1 N–H and O–H groups in total. The normalized spacial score (nSPS) is 10.3. The summed E-state index contributed by atoms with van der Waals surface area (Å²) in [5.74, 6) is -0.501. The standard InChI is InChI=1S/C11H14N4O3/c1-3-15-6-8(5-12-15)13-11-14-9(7-18-11)10(16)17-4-2/h5-7H,3-4H2,1-2H3,(H,13,14). The third kappa shape index (κ3) is 2.68. The number of hydrogen-bond acceptors (Lipinski definition) is 6. The van der Waals surface area contributed by atoms with Gasteiger partial charge in [-0.2, -0.15) is 10.1 Å². The molecule has 0 aliphatic carbocycles. The lowest BCUT2D eigenvalue weighted by Gasteiger charge is -1.96. The van der Waals surface area contributed by atoms with Gasteiger partial charge in [-0.3, -0.25) is 4.68 Å². The molecule has 0 spiro atoms. The average Bonchev–Trinajstić information content (AvgIpc) is 2.99. The first kappa shape index (κ1) is 12.2. The molecule has 0 aliphatic rings. The summed E-state index contributed by atoms with van der Waals surface area (Å²) in [6, 6.07) is 0.230. The molecule has 0 unspecified atom stereocenters. The largest absolute Gasteiger partial charge is 0.461 e. The molecule has 0 bridgehead atoms. The Morgan fingerprint density at radius 2 is 2.39 bits per heavy atom. The molecule has 2 rings (SSSR count). The summed E-state index contributed by atoms with van der Waals surface area (Å²) in [4.78, 5) is 15.3. The lowest BCUT2D eigenvalue weighted by molar-refractivity contribution is 0.0519. The highest BCUT2D eigenvalue weighted by Crippen LogP contribution is 2.15. The van der Waals surface area contributed by atoms with Crippen LogP contribution in [-0.4, -0.2) is 27.3 Å². The SMILES string of the molecule is CCOC(=O)c1coc(Nc2cnn(CC)c2)n1. The quantitative estimate of drug-likeness (QED) is 0.815. The van der Waals surface area contributed by atoms with Crippen molar-refractivity contribution in [2.24, 2.45) is 0 Å². The molecule has 18 heavy (non-hydrogen) atoms. The predicted octanol–water partition coefficient (Wildman–Crippen LogP) is 1.81. The maximum atomic E-state index is 11.4. The topological polar surface area (TPSA) is 82.2 Å². The number of esters is 1. The van der Waals surface area contributed by atoms with Gasteiger partial charge in [0.15, 0.2) is 5.69 Å². The van der Waals surface area contributed by atoms with E-state index in [2.05, 4.69) is 15.4 Å². The fourth-order valence-corrected chi connectivity index (χ4v) is 1.35. The second-order valence-electron chi connectivity index (χ2n) is 3.47. The fourth-order valence-electron chi connectivity index (χ4n) is 1.35. The summed E-state index contributed by atoms with van der Waals surface area (Å²) in [5, 5.41) is 7.00. The lowest BCUT2D eigenvalue weighted by atomic mass is 10.5. The molecular formula is C11H14N4O3. The van der Waals surface area contributed by atoms with Crippen LogP contribution in [-0.2, 0) is 11.3 Å². The smallest absolute Gasteiger partial charge is 0.360 e. The highest BCUT2D eigenvalue weighted by atomic mass is 16.5. The molecule has 7 heteroatoms. The van der Waals surface area contributed by atoms with E-state index in [0.717, 1.165) is 12.2 Å². The molecular weight excluding hydrogens is 236 g/mol. The number of ether oxygens (including phenoxy) is 1. The Labute approximate surface area is 104 Å². The third-order valence-electron chi connectivity index (χ3n) is 2.20. The molecule has 0 aliphatic heterocycles. The van der Waals surface area contributed by atoms with E-state index in [9.17, 15) is 4.79 Å². The van der Waals surface area contributed by atoms with Crippen LogP contribution in [0.5, 0.6) is 0 Å². The van der Waals surface area contributed by atoms with Gasteiger partial charge in [0, 0.05) is 12.7 Å². The van der Waals surface area contributed by atoms with E-state index in [0.29, 0.717) is 6.61 Å². The van der Waals surface area contributed by atoms with Crippen molar-refractivity contribution in [3.8, 4) is 0 Å². The van der Waals surface area contributed by atoms with E-state index in [-0.39, 0.29) is 11.7 Å². The minimum absolute atomic E-state index is 0.141. The first-order chi connectivity index (χ1) is 8.72. The zero-order valence-corrected chi connectivity index (χ0v) is 10.2. The number of rotatable bonds is 5. The van der Waals surface area contributed by atoms with Gasteiger partial charge >= 0.3 is 5.97 Å². The minimum atomic E-state index is -0.501. The molecule has 0 atom stereocenters. The van der Waals surface area contributed by atoms with E-state index in [1.165, 1.54) is 6.26 Å². The third-order valence-corrected chi connectivity index (χ3v) is 2.20. The van der Waals surface area contributed by atoms with E-state index < -0.39 is 5.97 Å². The molecule has 0 saturated carbocycles. The van der Waals surface area contributed by atoms with Gasteiger partial charge in [-0.1, -0.05) is 0 Å². The molecule has 2 aromatic rings. The summed E-state index contributed by atoms with van der Waals surface area (Å²) < 4.78 is 11.7. The summed E-state index contributed by atoms with van der Waals surface area (Å²) in [6.45, 7) is 4.80. The number of nitrogens with zero attached hydrogens (tertiary/aromatic N) is 3. The van der Waals surface area contributed by atoms with Crippen LogP contribution in [0.3, 0.4) is 0 Å². The molecule has 0 radical (unpaired) electrons. The van der Waals surface area contributed by atoms with Crippen molar-refractivity contribution < 1.29 is 13.9 Å². The predicted molar refractivity (Wildman–Crippen MR) is 63.6 cm³/mol. The van der Waals surface area contributed by atoms with Crippen LogP contribution < -0.4 is 5.32 Å². The number of nitrogens with one attached hydrogen (secondary N) is 1. The molecule has 2 heterocycles. The number of aromatic nitrogens is 3. The lowest BCUT2D eigenvalue weighted by Crippen LogP contribution is -2.04. The monoisotopic (exact) mass is 250 g/mol. The van der Waals surface area contributed by atoms with Crippen LogP contribution in [0.2, 0.25) is 0 Å². The summed E-state index contributed by atoms with van der Waals surface area (Å²) in [7, 11) is 0. The number of carbonyl (C=O) groups excluding carboxylic acids is 1. The highest BCUT2D eigenvalue weighted by Gasteiger charge is 2.13. The Morgan fingerprint density at radius 1 is 1.56 bits per heavy atom. The van der Waals surface area contributed by atoms with E-state index >= 15 is 0 Å². The first-order valence-electron chi connectivity index (χ1n) is 5.65. The Balaban J connectivity index is 2.04. The fraction of sp³-hybridized carbons (Fsp3) is 0.364. The van der Waals surface area contributed by atoms with Gasteiger partial charge in [0.2, 0.25) is 0 Å². The number of aryl methyl sites for hydroxylation is 1. The molecule has 0 aromatic carbocycles. The van der Waals surface area contributed by atoms with Gasteiger partial charge < -0.3 is 14.5 Å². The van der Waals surface area contributed by atoms with Crippen molar-refractivity contribution in [3.63, 3.8) is 0 Å². The van der Waals surface area contributed by atoms with Crippen molar-refractivity contribution in [1.29, 1.82) is 0 Å². The summed E-state index contributed by atoms with van der Waals surface area (Å²) >= 11 is 0. The van der Waals surface area contributed by atoms with E-state index in [4.69, 9.17) is 9.15 Å². The van der Waals surface area contributed by atoms with Crippen LogP contribution in [0.15, 0.2) is 23.1 Å². The zero-order chi connectivity index (χ0) is 13.0. The Kier molecular flexibility index (Phi) is 3.61. The number of hydrogen-bond donors (Lipinski definition) is 1. The van der Waals surface area contributed by atoms with E-state index in [1.807, 2.05) is 13.1 Å². The molecule has 0 amide bonds. The summed E-state index contributed by atoms with van der Waals surface area (Å²) in [6.07, 6.45) is 4.72. The van der Waals surface area contributed by atoms with E-state index in [1.54, 1.807) is 17.8 Å². The number of carbonyl (C=O) groups is 1. The Morgan fingerprint density at radius 3 is 3.06 bits per heavy atom. The van der Waals surface area contributed by atoms with Gasteiger partial charge in [-0.15, -0.1) is 0 Å². The highest BCUT2D eigenvalue weighted by molar-refractivity contribution is 5.87. The van der Waals surface area contributed by atoms with Crippen molar-refractivity contribution in [2.45, 2.75) is 20.4 Å². The van der Waals surface area contributed by atoms with Gasteiger partial charge in [-0.05, 0) is 13.8 Å². The average molecular weight is 250 g/mol. The van der Waals surface area contributed by atoms with Crippen molar-refractivity contribution in [3.05, 3.63) is 24.4 Å². The Hall–Kier alpha value is -2.31. The van der Waals surface area contributed by atoms with Crippen molar-refractivity contribution >= 4 is 17.7 Å². The van der Waals surface area contributed by atoms with Gasteiger partial charge in [0.1, 0.15) is 6.26 Å². The van der Waals surface area contributed by atoms with Crippen LogP contribution in [0.25, 0.3) is 0 Å².